The summed E-state index contributed by atoms with van der Waals surface area (Å²) in [6.45, 7) is 0. The van der Waals surface area contributed by atoms with E-state index in [2.05, 4.69) is 12.1 Å². The molecule has 0 saturated heterocycles. The highest BCUT2D eigenvalue weighted by molar-refractivity contribution is 6.30. The molecule has 0 radical (unpaired) electrons. The average molecular weight is 250 g/mol. The maximum absolute atomic E-state index is 6.40. The van der Waals surface area contributed by atoms with E-state index in [4.69, 9.17) is 17.3 Å². The lowest BCUT2D eigenvalue weighted by molar-refractivity contribution is 0.280. The van der Waals surface area contributed by atoms with Crippen molar-refractivity contribution in [2.45, 2.75) is 38.1 Å². The van der Waals surface area contributed by atoms with Gasteiger partial charge in [-0.15, -0.1) is 0 Å². The molecule has 2 heteroatoms. The predicted octanol–water partition coefficient (Wildman–Crippen LogP) is 3.65. The third-order valence-corrected chi connectivity index (χ3v) is 4.98. The van der Waals surface area contributed by atoms with Crippen LogP contribution in [-0.4, -0.2) is 6.04 Å². The Morgan fingerprint density at radius 1 is 1.18 bits per heavy atom. The summed E-state index contributed by atoms with van der Waals surface area (Å²) in [6.07, 6.45) is 6.70. The Balaban J connectivity index is 1.63. The Bertz CT molecular complexity index is 386. The van der Waals surface area contributed by atoms with E-state index in [0.29, 0.717) is 6.04 Å². The van der Waals surface area contributed by atoms with Crippen LogP contribution in [0.2, 0.25) is 5.02 Å². The molecule has 0 spiro atoms. The maximum atomic E-state index is 6.40. The van der Waals surface area contributed by atoms with Crippen molar-refractivity contribution < 1.29 is 0 Å². The summed E-state index contributed by atoms with van der Waals surface area (Å²) in [5.74, 6) is 2.67. The van der Waals surface area contributed by atoms with Crippen LogP contribution < -0.4 is 5.73 Å². The second-order valence-electron chi connectivity index (χ2n) is 5.83. The number of nitrogens with two attached hydrogens (primary N) is 1. The van der Waals surface area contributed by atoms with Gasteiger partial charge in [-0.05, 0) is 61.1 Å². The van der Waals surface area contributed by atoms with E-state index < -0.39 is 0 Å². The summed E-state index contributed by atoms with van der Waals surface area (Å²) in [4.78, 5) is 0. The first kappa shape index (κ1) is 11.6. The summed E-state index contributed by atoms with van der Waals surface area (Å²) < 4.78 is 0. The van der Waals surface area contributed by atoms with E-state index in [1.807, 2.05) is 12.1 Å². The van der Waals surface area contributed by atoms with E-state index >= 15 is 0 Å². The summed E-state index contributed by atoms with van der Waals surface area (Å²) in [5.41, 5.74) is 7.73. The van der Waals surface area contributed by atoms with Crippen molar-refractivity contribution in [3.8, 4) is 0 Å². The van der Waals surface area contributed by atoms with Crippen molar-refractivity contribution in [1.29, 1.82) is 0 Å². The van der Waals surface area contributed by atoms with Gasteiger partial charge in [0.25, 0.3) is 0 Å². The summed E-state index contributed by atoms with van der Waals surface area (Å²) in [6, 6.07) is 8.48. The Morgan fingerprint density at radius 2 is 1.94 bits per heavy atom. The SMILES string of the molecule is NC(Cc1ccc(Cl)cc1)C1CC2CCC1C2. The fourth-order valence-corrected chi connectivity index (χ4v) is 3.99. The van der Waals surface area contributed by atoms with Gasteiger partial charge in [0.1, 0.15) is 0 Å². The molecule has 92 valence electrons. The molecule has 4 atom stereocenters. The lowest BCUT2D eigenvalue weighted by atomic mass is 9.81. The molecule has 17 heavy (non-hydrogen) atoms. The standard InChI is InChI=1S/C15H20ClN/c16-13-5-2-10(3-6-13)9-15(17)14-8-11-1-4-12(14)7-11/h2-3,5-6,11-12,14-15H,1,4,7-9,17H2. The third kappa shape index (κ3) is 2.36. The van der Waals surface area contributed by atoms with Crippen LogP contribution in [0.25, 0.3) is 0 Å². The topological polar surface area (TPSA) is 26.0 Å². The second-order valence-corrected chi connectivity index (χ2v) is 6.27. The zero-order valence-electron chi connectivity index (χ0n) is 10.1. The van der Waals surface area contributed by atoms with E-state index in [1.54, 1.807) is 0 Å². The van der Waals surface area contributed by atoms with Gasteiger partial charge in [-0.1, -0.05) is 30.2 Å². The fraction of sp³-hybridized carbons (Fsp3) is 0.600. The van der Waals surface area contributed by atoms with Gasteiger partial charge in [0, 0.05) is 11.1 Å². The van der Waals surface area contributed by atoms with Crippen molar-refractivity contribution >= 4 is 11.6 Å². The van der Waals surface area contributed by atoms with Crippen LogP contribution in [0.4, 0.5) is 0 Å². The van der Waals surface area contributed by atoms with Crippen molar-refractivity contribution in [2.75, 3.05) is 0 Å². The van der Waals surface area contributed by atoms with Gasteiger partial charge in [0.15, 0.2) is 0 Å². The monoisotopic (exact) mass is 249 g/mol. The molecule has 0 aromatic heterocycles. The molecule has 0 aliphatic heterocycles. The van der Waals surface area contributed by atoms with E-state index in [0.717, 1.165) is 29.2 Å². The van der Waals surface area contributed by atoms with Crippen LogP contribution in [0.15, 0.2) is 24.3 Å². The molecule has 2 aliphatic carbocycles. The molecule has 1 aromatic carbocycles. The van der Waals surface area contributed by atoms with E-state index in [1.165, 1.54) is 31.2 Å². The minimum Gasteiger partial charge on any atom is -0.327 e. The van der Waals surface area contributed by atoms with Crippen LogP contribution in [0.3, 0.4) is 0 Å². The molecule has 1 aromatic rings. The number of hydrogen-bond acceptors (Lipinski definition) is 1. The Morgan fingerprint density at radius 3 is 2.53 bits per heavy atom. The summed E-state index contributed by atoms with van der Waals surface area (Å²) >= 11 is 5.90. The van der Waals surface area contributed by atoms with Gasteiger partial charge in [-0.25, -0.2) is 0 Å². The van der Waals surface area contributed by atoms with Crippen molar-refractivity contribution in [3.63, 3.8) is 0 Å². The molecular formula is C15H20ClN. The lowest BCUT2D eigenvalue weighted by Crippen LogP contribution is -2.35. The molecule has 2 bridgehead atoms. The quantitative estimate of drug-likeness (QED) is 0.870. The number of hydrogen-bond donors (Lipinski definition) is 1. The normalized spacial score (nSPS) is 32.9. The van der Waals surface area contributed by atoms with Crippen molar-refractivity contribution in [3.05, 3.63) is 34.9 Å². The van der Waals surface area contributed by atoms with Gasteiger partial charge >= 0.3 is 0 Å². The van der Waals surface area contributed by atoms with E-state index in [9.17, 15) is 0 Å². The number of fused-ring (bicyclic) bond motifs is 2. The Hall–Kier alpha value is -0.530. The molecule has 0 amide bonds. The minimum absolute atomic E-state index is 0.339. The molecule has 2 N–H and O–H groups in total. The van der Waals surface area contributed by atoms with Gasteiger partial charge in [0.2, 0.25) is 0 Å². The number of halogens is 1. The molecule has 3 rings (SSSR count). The molecule has 1 nitrogen and oxygen atoms in total. The highest BCUT2D eigenvalue weighted by atomic mass is 35.5. The first-order valence-electron chi connectivity index (χ1n) is 6.72. The highest BCUT2D eigenvalue weighted by Crippen LogP contribution is 2.49. The molecule has 4 unspecified atom stereocenters. The predicted molar refractivity (Wildman–Crippen MR) is 72.1 cm³/mol. The van der Waals surface area contributed by atoms with Crippen LogP contribution in [-0.2, 0) is 6.42 Å². The number of benzene rings is 1. The second kappa shape index (κ2) is 4.62. The van der Waals surface area contributed by atoms with Crippen molar-refractivity contribution in [1.82, 2.24) is 0 Å². The van der Waals surface area contributed by atoms with Gasteiger partial charge < -0.3 is 5.73 Å². The zero-order chi connectivity index (χ0) is 11.8. The van der Waals surface area contributed by atoms with Gasteiger partial charge in [-0.3, -0.25) is 0 Å². The van der Waals surface area contributed by atoms with Crippen LogP contribution in [0.5, 0.6) is 0 Å². The highest BCUT2D eigenvalue weighted by Gasteiger charge is 2.41. The van der Waals surface area contributed by atoms with Gasteiger partial charge in [0.05, 0.1) is 0 Å². The maximum Gasteiger partial charge on any atom is 0.0406 e. The smallest absolute Gasteiger partial charge is 0.0406 e. The van der Waals surface area contributed by atoms with Gasteiger partial charge in [-0.2, -0.15) is 0 Å². The molecular weight excluding hydrogens is 230 g/mol. The Labute approximate surface area is 108 Å². The van der Waals surface area contributed by atoms with Crippen LogP contribution in [0.1, 0.15) is 31.2 Å². The lowest BCUT2D eigenvalue weighted by Gasteiger charge is -2.27. The minimum atomic E-state index is 0.339. The van der Waals surface area contributed by atoms with Crippen LogP contribution in [0, 0.1) is 17.8 Å². The fourth-order valence-electron chi connectivity index (χ4n) is 3.86. The van der Waals surface area contributed by atoms with E-state index in [-0.39, 0.29) is 0 Å². The zero-order valence-corrected chi connectivity index (χ0v) is 10.9. The average Bonchev–Trinajstić information content (AvgIpc) is 2.94. The van der Waals surface area contributed by atoms with Crippen molar-refractivity contribution in [2.24, 2.45) is 23.5 Å². The molecule has 2 saturated carbocycles. The summed E-state index contributed by atoms with van der Waals surface area (Å²) in [5, 5.41) is 0.808. The largest absolute Gasteiger partial charge is 0.327 e. The third-order valence-electron chi connectivity index (χ3n) is 4.73. The number of rotatable bonds is 3. The first-order chi connectivity index (χ1) is 8.22. The molecule has 2 aliphatic rings. The Kier molecular flexibility index (Phi) is 3.14. The molecule has 0 heterocycles. The molecule has 2 fully saturated rings. The van der Waals surface area contributed by atoms with Crippen LogP contribution >= 0.6 is 11.6 Å². The summed E-state index contributed by atoms with van der Waals surface area (Å²) in [7, 11) is 0. The first-order valence-corrected chi connectivity index (χ1v) is 7.10.